The third kappa shape index (κ3) is 3.37. The lowest BCUT2D eigenvalue weighted by molar-refractivity contribution is 0.0965. The van der Waals surface area contributed by atoms with Gasteiger partial charge in [0.05, 0.1) is 0 Å². The van der Waals surface area contributed by atoms with E-state index in [1.54, 1.807) is 7.05 Å². The Labute approximate surface area is 118 Å². The maximum atomic E-state index is 11.7. The SMILES string of the molecule is CNC(=O)c1c(N)nsc1NCC1CCC(C)CC1. The first-order chi connectivity index (χ1) is 9.11. The minimum Gasteiger partial charge on any atom is -0.382 e. The highest BCUT2D eigenvalue weighted by atomic mass is 32.1. The van der Waals surface area contributed by atoms with Crippen LogP contribution in [0.25, 0.3) is 0 Å². The molecule has 0 spiro atoms. The highest BCUT2D eigenvalue weighted by Gasteiger charge is 2.21. The molecule has 0 radical (unpaired) electrons. The van der Waals surface area contributed by atoms with Crippen LogP contribution in [0.1, 0.15) is 43.0 Å². The maximum Gasteiger partial charge on any atom is 0.257 e. The van der Waals surface area contributed by atoms with Crippen molar-refractivity contribution in [2.75, 3.05) is 24.6 Å². The van der Waals surface area contributed by atoms with Gasteiger partial charge in [-0.25, -0.2) is 0 Å². The Morgan fingerprint density at radius 3 is 2.74 bits per heavy atom. The fraction of sp³-hybridized carbons (Fsp3) is 0.692. The average Bonchev–Trinajstić information content (AvgIpc) is 2.78. The zero-order chi connectivity index (χ0) is 13.8. The normalized spacial score (nSPS) is 23.1. The summed E-state index contributed by atoms with van der Waals surface area (Å²) in [5.41, 5.74) is 6.23. The van der Waals surface area contributed by atoms with Gasteiger partial charge in [0.15, 0.2) is 5.82 Å². The number of nitrogens with zero attached hydrogens (tertiary/aromatic N) is 1. The molecule has 0 atom stereocenters. The van der Waals surface area contributed by atoms with Gasteiger partial charge in [-0.05, 0) is 36.2 Å². The average molecular weight is 282 g/mol. The van der Waals surface area contributed by atoms with E-state index in [4.69, 9.17) is 5.73 Å². The quantitative estimate of drug-likeness (QED) is 0.792. The molecule has 106 valence electrons. The van der Waals surface area contributed by atoms with Crippen LogP contribution in [0.4, 0.5) is 10.8 Å². The van der Waals surface area contributed by atoms with E-state index in [2.05, 4.69) is 21.9 Å². The molecule has 1 heterocycles. The van der Waals surface area contributed by atoms with Gasteiger partial charge in [-0.3, -0.25) is 4.79 Å². The molecule has 0 aromatic carbocycles. The van der Waals surface area contributed by atoms with E-state index >= 15 is 0 Å². The monoisotopic (exact) mass is 282 g/mol. The number of carbonyl (C=O) groups is 1. The van der Waals surface area contributed by atoms with E-state index in [1.165, 1.54) is 37.2 Å². The van der Waals surface area contributed by atoms with Crippen LogP contribution in [0.5, 0.6) is 0 Å². The molecule has 0 aliphatic heterocycles. The number of rotatable bonds is 4. The van der Waals surface area contributed by atoms with Crippen molar-refractivity contribution in [3.63, 3.8) is 0 Å². The molecule has 1 aliphatic rings. The van der Waals surface area contributed by atoms with Crippen molar-refractivity contribution in [3.8, 4) is 0 Å². The third-order valence-electron chi connectivity index (χ3n) is 3.86. The lowest BCUT2D eigenvalue weighted by Crippen LogP contribution is -2.23. The lowest BCUT2D eigenvalue weighted by atomic mass is 9.83. The van der Waals surface area contributed by atoms with Crippen LogP contribution >= 0.6 is 11.5 Å². The van der Waals surface area contributed by atoms with Crippen LogP contribution in [0.2, 0.25) is 0 Å². The van der Waals surface area contributed by atoms with Gasteiger partial charge in [0.1, 0.15) is 10.6 Å². The number of amides is 1. The molecule has 1 aliphatic carbocycles. The summed E-state index contributed by atoms with van der Waals surface area (Å²) in [4.78, 5) is 11.7. The molecule has 1 aromatic rings. The van der Waals surface area contributed by atoms with Gasteiger partial charge in [-0.2, -0.15) is 4.37 Å². The molecule has 1 amide bonds. The number of nitrogens with two attached hydrogens (primary N) is 1. The number of hydrogen-bond acceptors (Lipinski definition) is 5. The summed E-state index contributed by atoms with van der Waals surface area (Å²) in [5.74, 6) is 1.68. The van der Waals surface area contributed by atoms with Gasteiger partial charge in [0.2, 0.25) is 0 Å². The molecule has 1 fully saturated rings. The Bertz CT molecular complexity index is 438. The summed E-state index contributed by atoms with van der Waals surface area (Å²) < 4.78 is 4.06. The molecule has 0 unspecified atom stereocenters. The number of nitrogen functional groups attached to an aromatic ring is 1. The van der Waals surface area contributed by atoms with Gasteiger partial charge in [-0.1, -0.05) is 19.8 Å². The van der Waals surface area contributed by atoms with Crippen molar-refractivity contribution >= 4 is 28.3 Å². The largest absolute Gasteiger partial charge is 0.382 e. The van der Waals surface area contributed by atoms with Crippen molar-refractivity contribution in [3.05, 3.63) is 5.56 Å². The minimum atomic E-state index is -0.175. The summed E-state index contributed by atoms with van der Waals surface area (Å²) in [6.45, 7) is 3.22. The van der Waals surface area contributed by atoms with Crippen molar-refractivity contribution in [2.24, 2.45) is 11.8 Å². The van der Waals surface area contributed by atoms with E-state index in [1.807, 2.05) is 0 Å². The fourth-order valence-electron chi connectivity index (χ4n) is 2.54. The molecule has 1 saturated carbocycles. The van der Waals surface area contributed by atoms with Crippen LogP contribution in [-0.2, 0) is 0 Å². The second kappa shape index (κ2) is 6.23. The Morgan fingerprint density at radius 1 is 1.42 bits per heavy atom. The molecule has 19 heavy (non-hydrogen) atoms. The first-order valence-electron chi connectivity index (χ1n) is 6.83. The topological polar surface area (TPSA) is 80.0 Å². The van der Waals surface area contributed by atoms with Crippen LogP contribution in [0.3, 0.4) is 0 Å². The summed E-state index contributed by atoms with van der Waals surface area (Å²) in [5, 5.41) is 6.74. The molecule has 4 N–H and O–H groups in total. The molecule has 0 bridgehead atoms. The van der Waals surface area contributed by atoms with Crippen molar-refractivity contribution in [1.82, 2.24) is 9.69 Å². The molecule has 2 rings (SSSR count). The number of anilines is 2. The van der Waals surface area contributed by atoms with E-state index in [9.17, 15) is 4.79 Å². The number of aromatic nitrogens is 1. The first-order valence-corrected chi connectivity index (χ1v) is 7.60. The Kier molecular flexibility index (Phi) is 4.63. The van der Waals surface area contributed by atoms with Gasteiger partial charge in [-0.15, -0.1) is 0 Å². The van der Waals surface area contributed by atoms with E-state index < -0.39 is 0 Å². The standard InChI is InChI=1S/C13H22N4OS/c1-8-3-5-9(6-4-8)7-16-13-10(12(18)15-2)11(14)17-19-13/h8-9,16H,3-7H2,1-2H3,(H2,14,17)(H,15,18). The summed E-state index contributed by atoms with van der Waals surface area (Å²) in [6.07, 6.45) is 5.13. The molecule has 6 heteroatoms. The second-order valence-electron chi connectivity index (χ2n) is 5.36. The Hall–Kier alpha value is -1.30. The molecule has 5 nitrogen and oxygen atoms in total. The molecule has 0 saturated heterocycles. The first kappa shape index (κ1) is 14.1. The lowest BCUT2D eigenvalue weighted by Gasteiger charge is -2.26. The zero-order valence-corrected chi connectivity index (χ0v) is 12.3. The minimum absolute atomic E-state index is 0.175. The Balaban J connectivity index is 1.94. The second-order valence-corrected chi connectivity index (χ2v) is 6.13. The Morgan fingerprint density at radius 2 is 2.11 bits per heavy atom. The van der Waals surface area contributed by atoms with Gasteiger partial charge >= 0.3 is 0 Å². The summed E-state index contributed by atoms with van der Waals surface area (Å²) in [6, 6.07) is 0. The van der Waals surface area contributed by atoms with Gasteiger partial charge in [0, 0.05) is 13.6 Å². The smallest absolute Gasteiger partial charge is 0.257 e. The van der Waals surface area contributed by atoms with Crippen LogP contribution in [0.15, 0.2) is 0 Å². The maximum absolute atomic E-state index is 11.7. The predicted octanol–water partition coefficient (Wildman–Crippen LogP) is 2.32. The van der Waals surface area contributed by atoms with Crippen LogP contribution in [-0.4, -0.2) is 23.9 Å². The molecule has 1 aromatic heterocycles. The molecular formula is C13H22N4OS. The third-order valence-corrected chi connectivity index (χ3v) is 4.68. The number of hydrogen-bond donors (Lipinski definition) is 3. The van der Waals surface area contributed by atoms with E-state index in [0.29, 0.717) is 17.3 Å². The predicted molar refractivity (Wildman–Crippen MR) is 79.5 cm³/mol. The van der Waals surface area contributed by atoms with Crippen molar-refractivity contribution in [1.29, 1.82) is 0 Å². The fourth-order valence-corrected chi connectivity index (χ4v) is 3.26. The van der Waals surface area contributed by atoms with Crippen LogP contribution in [0, 0.1) is 11.8 Å². The highest BCUT2D eigenvalue weighted by Crippen LogP contribution is 2.31. The van der Waals surface area contributed by atoms with Gasteiger partial charge < -0.3 is 16.4 Å². The van der Waals surface area contributed by atoms with E-state index in [0.717, 1.165) is 17.5 Å². The highest BCUT2D eigenvalue weighted by molar-refractivity contribution is 7.11. The number of nitrogens with one attached hydrogen (secondary N) is 2. The number of carbonyl (C=O) groups excluding carboxylic acids is 1. The van der Waals surface area contributed by atoms with Crippen molar-refractivity contribution < 1.29 is 4.79 Å². The van der Waals surface area contributed by atoms with Crippen molar-refractivity contribution in [2.45, 2.75) is 32.6 Å². The van der Waals surface area contributed by atoms with Crippen LogP contribution < -0.4 is 16.4 Å². The van der Waals surface area contributed by atoms with Gasteiger partial charge in [0.25, 0.3) is 5.91 Å². The summed E-state index contributed by atoms with van der Waals surface area (Å²) >= 11 is 1.26. The molecular weight excluding hydrogens is 260 g/mol. The zero-order valence-electron chi connectivity index (χ0n) is 11.5. The summed E-state index contributed by atoms with van der Waals surface area (Å²) in [7, 11) is 1.60. The van der Waals surface area contributed by atoms with E-state index in [-0.39, 0.29) is 5.91 Å².